The van der Waals surface area contributed by atoms with Gasteiger partial charge in [-0.2, -0.15) is 0 Å². The molecule has 19 heavy (non-hydrogen) atoms. The van der Waals surface area contributed by atoms with E-state index in [-0.39, 0.29) is 35.4 Å². The van der Waals surface area contributed by atoms with Crippen molar-refractivity contribution in [3.05, 3.63) is 0 Å². The van der Waals surface area contributed by atoms with Gasteiger partial charge in [-0.05, 0) is 18.3 Å². The second-order valence-corrected chi connectivity index (χ2v) is 6.88. The van der Waals surface area contributed by atoms with Crippen molar-refractivity contribution >= 4 is 11.8 Å². The summed E-state index contributed by atoms with van der Waals surface area (Å²) >= 11 is 0. The van der Waals surface area contributed by atoms with Crippen LogP contribution in [-0.4, -0.2) is 41.5 Å². The van der Waals surface area contributed by atoms with Crippen molar-refractivity contribution in [3.8, 4) is 0 Å². The van der Waals surface area contributed by atoms with Gasteiger partial charge in [0.15, 0.2) is 0 Å². The Kier molecular flexibility index (Phi) is 2.94. The molecule has 3 aliphatic rings. The number of hydrogen-bond donors (Lipinski definition) is 1. The van der Waals surface area contributed by atoms with E-state index < -0.39 is 0 Å². The molecule has 0 aromatic heterocycles. The van der Waals surface area contributed by atoms with Gasteiger partial charge >= 0.3 is 0 Å². The first-order valence-corrected chi connectivity index (χ1v) is 7.13. The topological polar surface area (TPSA) is 72.6 Å². The third-order valence-corrected chi connectivity index (χ3v) is 4.73. The number of nitrogens with two attached hydrogens (primary N) is 1. The van der Waals surface area contributed by atoms with Crippen molar-refractivity contribution in [2.45, 2.75) is 57.7 Å². The third-order valence-electron chi connectivity index (χ3n) is 4.73. The van der Waals surface area contributed by atoms with Crippen molar-refractivity contribution < 1.29 is 14.3 Å². The predicted molar refractivity (Wildman–Crippen MR) is 69.1 cm³/mol. The minimum atomic E-state index is -0.235. The molecular formula is C14H22N2O3. The van der Waals surface area contributed by atoms with Crippen LogP contribution < -0.4 is 5.73 Å². The van der Waals surface area contributed by atoms with Crippen molar-refractivity contribution in [2.24, 2.45) is 17.1 Å². The number of imide groups is 1. The first-order valence-electron chi connectivity index (χ1n) is 7.13. The Hall–Kier alpha value is -0.940. The van der Waals surface area contributed by atoms with Gasteiger partial charge < -0.3 is 10.5 Å². The zero-order valence-electron chi connectivity index (χ0n) is 11.6. The summed E-state index contributed by atoms with van der Waals surface area (Å²) in [6.45, 7) is 4.63. The lowest BCUT2D eigenvalue weighted by Crippen LogP contribution is -2.74. The minimum absolute atomic E-state index is 0.0298. The smallest absolute Gasteiger partial charge is 0.230 e. The van der Waals surface area contributed by atoms with Gasteiger partial charge in [-0.1, -0.05) is 13.8 Å². The summed E-state index contributed by atoms with van der Waals surface area (Å²) in [5.74, 6) is 0.137. The number of likely N-dealkylation sites (tertiary alicyclic amines) is 1. The Morgan fingerprint density at radius 2 is 1.89 bits per heavy atom. The van der Waals surface area contributed by atoms with Gasteiger partial charge in [0.25, 0.3) is 0 Å². The summed E-state index contributed by atoms with van der Waals surface area (Å²) in [6.07, 6.45) is 2.87. The van der Waals surface area contributed by atoms with Gasteiger partial charge in [-0.25, -0.2) is 0 Å². The van der Waals surface area contributed by atoms with Crippen LogP contribution in [-0.2, 0) is 14.3 Å². The largest absolute Gasteiger partial charge is 0.376 e. The van der Waals surface area contributed by atoms with Crippen LogP contribution in [0, 0.1) is 11.3 Å². The van der Waals surface area contributed by atoms with Crippen LogP contribution in [0.25, 0.3) is 0 Å². The van der Waals surface area contributed by atoms with E-state index in [1.165, 1.54) is 4.90 Å². The molecule has 0 aromatic carbocycles. The molecular weight excluding hydrogens is 244 g/mol. The van der Waals surface area contributed by atoms with Crippen LogP contribution in [0.15, 0.2) is 0 Å². The molecule has 0 aromatic rings. The van der Waals surface area contributed by atoms with Crippen LogP contribution in [0.3, 0.4) is 0 Å². The maximum atomic E-state index is 12.3. The molecule has 3 fully saturated rings. The molecule has 2 amide bonds. The molecule has 0 spiro atoms. The van der Waals surface area contributed by atoms with Gasteiger partial charge in [0.2, 0.25) is 11.8 Å². The van der Waals surface area contributed by atoms with Crippen molar-refractivity contribution in [1.82, 2.24) is 4.90 Å². The number of fused-ring (bicyclic) bond motifs is 1. The lowest BCUT2D eigenvalue weighted by molar-refractivity contribution is -0.184. The number of ether oxygens (including phenoxy) is 1. The lowest BCUT2D eigenvalue weighted by Gasteiger charge is -2.56. The Bertz CT molecular complexity index is 401. The Labute approximate surface area is 113 Å². The summed E-state index contributed by atoms with van der Waals surface area (Å²) in [7, 11) is 0. The lowest BCUT2D eigenvalue weighted by atomic mass is 9.67. The second kappa shape index (κ2) is 4.28. The molecule has 5 heteroatoms. The maximum Gasteiger partial charge on any atom is 0.230 e. The van der Waals surface area contributed by atoms with E-state index >= 15 is 0 Å². The second-order valence-electron chi connectivity index (χ2n) is 6.88. The third kappa shape index (κ3) is 1.99. The zero-order chi connectivity index (χ0) is 13.8. The molecule has 3 rings (SSSR count). The van der Waals surface area contributed by atoms with E-state index in [1.807, 2.05) is 13.8 Å². The van der Waals surface area contributed by atoms with E-state index in [0.29, 0.717) is 25.4 Å². The average Bonchev–Trinajstić information content (AvgIpc) is 2.32. The maximum absolute atomic E-state index is 12.3. The van der Waals surface area contributed by atoms with Gasteiger partial charge in [-0.3, -0.25) is 14.5 Å². The number of hydrogen-bond acceptors (Lipinski definition) is 4. The zero-order valence-corrected chi connectivity index (χ0v) is 11.6. The summed E-state index contributed by atoms with van der Waals surface area (Å²) in [5.41, 5.74) is 5.94. The predicted octanol–water partition coefficient (Wildman–Crippen LogP) is 0.666. The average molecular weight is 266 g/mol. The SMILES string of the molecule is CC1(C)CC(=O)N(C2C(N)C3CCCOC32)C(=O)C1. The van der Waals surface area contributed by atoms with E-state index in [1.54, 1.807) is 0 Å². The fraction of sp³-hybridized carbons (Fsp3) is 0.857. The van der Waals surface area contributed by atoms with Crippen molar-refractivity contribution in [1.29, 1.82) is 0 Å². The number of carbonyl (C=O) groups excluding carboxylic acids is 2. The van der Waals surface area contributed by atoms with Gasteiger partial charge in [0.05, 0.1) is 12.1 Å². The number of nitrogens with zero attached hydrogens (tertiary/aromatic N) is 1. The molecule has 2 aliphatic heterocycles. The standard InChI is InChI=1S/C14H22N2O3/c1-14(2)6-9(17)16(10(18)7-14)12-11(15)8-4-3-5-19-13(8)12/h8,11-13H,3-7,15H2,1-2H3. The number of piperidine rings is 1. The molecule has 2 N–H and O–H groups in total. The van der Waals surface area contributed by atoms with Crippen LogP contribution in [0.2, 0.25) is 0 Å². The summed E-state index contributed by atoms with van der Waals surface area (Å²) in [5, 5.41) is 0. The molecule has 0 radical (unpaired) electrons. The summed E-state index contributed by atoms with van der Waals surface area (Å²) in [6, 6.07) is -0.346. The molecule has 2 heterocycles. The molecule has 4 unspecified atom stereocenters. The van der Waals surface area contributed by atoms with Crippen LogP contribution in [0.1, 0.15) is 39.5 Å². The highest BCUT2D eigenvalue weighted by Gasteiger charge is 2.57. The molecule has 1 aliphatic carbocycles. The summed E-state index contributed by atoms with van der Waals surface area (Å²) in [4.78, 5) is 25.9. The van der Waals surface area contributed by atoms with E-state index in [2.05, 4.69) is 0 Å². The normalized spacial score (nSPS) is 41.7. The van der Waals surface area contributed by atoms with Crippen LogP contribution in [0.5, 0.6) is 0 Å². The number of amides is 2. The van der Waals surface area contributed by atoms with E-state index in [9.17, 15) is 9.59 Å². The minimum Gasteiger partial charge on any atom is -0.376 e. The van der Waals surface area contributed by atoms with Crippen LogP contribution in [0.4, 0.5) is 0 Å². The van der Waals surface area contributed by atoms with E-state index in [4.69, 9.17) is 10.5 Å². The number of carbonyl (C=O) groups is 2. The first-order chi connectivity index (χ1) is 8.91. The highest BCUT2D eigenvalue weighted by Crippen LogP contribution is 2.43. The molecule has 106 valence electrons. The fourth-order valence-electron chi connectivity index (χ4n) is 3.76. The summed E-state index contributed by atoms with van der Waals surface area (Å²) < 4.78 is 5.74. The Morgan fingerprint density at radius 3 is 2.53 bits per heavy atom. The number of rotatable bonds is 1. The molecule has 1 saturated carbocycles. The van der Waals surface area contributed by atoms with Crippen molar-refractivity contribution in [3.63, 3.8) is 0 Å². The molecule has 2 saturated heterocycles. The van der Waals surface area contributed by atoms with Gasteiger partial charge in [0.1, 0.15) is 0 Å². The molecule has 0 bridgehead atoms. The van der Waals surface area contributed by atoms with Crippen molar-refractivity contribution in [2.75, 3.05) is 6.61 Å². The Balaban J connectivity index is 1.79. The molecule has 5 nitrogen and oxygen atoms in total. The fourth-order valence-corrected chi connectivity index (χ4v) is 3.76. The van der Waals surface area contributed by atoms with Crippen LogP contribution >= 0.6 is 0 Å². The molecule has 4 atom stereocenters. The monoisotopic (exact) mass is 266 g/mol. The quantitative estimate of drug-likeness (QED) is 0.708. The first kappa shape index (κ1) is 13.1. The Morgan fingerprint density at radius 1 is 1.26 bits per heavy atom. The van der Waals surface area contributed by atoms with E-state index in [0.717, 1.165) is 12.8 Å². The van der Waals surface area contributed by atoms with Gasteiger partial charge in [-0.15, -0.1) is 0 Å². The van der Waals surface area contributed by atoms with Gasteiger partial charge in [0, 0.05) is 31.4 Å². The highest BCUT2D eigenvalue weighted by molar-refractivity contribution is 5.99. The highest BCUT2D eigenvalue weighted by atomic mass is 16.5.